The molecule has 0 unspecified atom stereocenters. The van der Waals surface area contributed by atoms with Gasteiger partial charge in [0.05, 0.1) is 11.6 Å². The molecule has 0 N–H and O–H groups in total. The Labute approximate surface area is 133 Å². The van der Waals surface area contributed by atoms with Crippen molar-refractivity contribution >= 4 is 35.1 Å². The van der Waals surface area contributed by atoms with Crippen LogP contribution in [-0.2, 0) is 14.3 Å². The average molecular weight is 334 g/mol. The molecule has 0 aliphatic carbocycles. The third kappa shape index (κ3) is 5.81. The third-order valence-electron chi connectivity index (χ3n) is 2.60. The Hall–Kier alpha value is -1.46. The van der Waals surface area contributed by atoms with Crippen LogP contribution in [0.3, 0.4) is 0 Å². The lowest BCUT2D eigenvalue weighted by Gasteiger charge is -2.20. The fraction of sp³-hybridized carbons (Fsp3) is 0.429. The molecule has 0 saturated carbocycles. The van der Waals surface area contributed by atoms with Gasteiger partial charge in [-0.3, -0.25) is 9.59 Å². The fourth-order valence-corrected chi connectivity index (χ4v) is 2.02. The molecule has 0 radical (unpaired) electrons. The molecule has 0 heterocycles. The summed E-state index contributed by atoms with van der Waals surface area (Å²) in [7, 11) is 0. The number of amides is 1. The third-order valence-corrected chi connectivity index (χ3v) is 3.14. The van der Waals surface area contributed by atoms with Crippen molar-refractivity contribution < 1.29 is 19.1 Å². The number of rotatable bonds is 7. The Balaban J connectivity index is 2.56. The minimum atomic E-state index is -0.447. The van der Waals surface area contributed by atoms with E-state index in [1.807, 2.05) is 0 Å². The summed E-state index contributed by atoms with van der Waals surface area (Å²) >= 11 is 11.7. The first kappa shape index (κ1) is 17.6. The molecule has 1 aromatic rings. The summed E-state index contributed by atoms with van der Waals surface area (Å²) in [5.41, 5.74) is 0. The summed E-state index contributed by atoms with van der Waals surface area (Å²) in [4.78, 5) is 24.7. The molecule has 0 saturated heterocycles. The van der Waals surface area contributed by atoms with E-state index < -0.39 is 5.97 Å². The SMILES string of the molecule is CCOC(=O)CN(CC)C(=O)COc1ccc(Cl)cc1Cl. The standard InChI is InChI=1S/C14H17Cl2NO4/c1-3-17(8-14(19)20-4-2)13(18)9-21-12-6-5-10(15)7-11(12)16/h5-7H,3-4,8-9H2,1-2H3. The number of halogens is 2. The van der Waals surface area contributed by atoms with Gasteiger partial charge in [-0.1, -0.05) is 23.2 Å². The summed E-state index contributed by atoms with van der Waals surface area (Å²) in [6.45, 7) is 3.83. The molecule has 0 aromatic heterocycles. The van der Waals surface area contributed by atoms with Crippen LogP contribution in [0.4, 0.5) is 0 Å². The summed E-state index contributed by atoms with van der Waals surface area (Å²) in [5.74, 6) is -0.407. The van der Waals surface area contributed by atoms with E-state index in [1.54, 1.807) is 26.0 Å². The molecule has 0 fully saturated rings. The monoisotopic (exact) mass is 333 g/mol. The minimum absolute atomic E-state index is 0.0963. The van der Waals surface area contributed by atoms with Crippen molar-refractivity contribution in [3.8, 4) is 5.75 Å². The first-order chi connectivity index (χ1) is 9.97. The number of carbonyl (C=O) groups is 2. The van der Waals surface area contributed by atoms with Crippen LogP contribution in [0.1, 0.15) is 13.8 Å². The largest absolute Gasteiger partial charge is 0.482 e. The predicted octanol–water partition coefficient (Wildman–Crippen LogP) is 2.78. The van der Waals surface area contributed by atoms with Crippen LogP contribution in [0.15, 0.2) is 18.2 Å². The number of nitrogens with zero attached hydrogens (tertiary/aromatic N) is 1. The van der Waals surface area contributed by atoms with Crippen LogP contribution >= 0.6 is 23.2 Å². The van der Waals surface area contributed by atoms with E-state index in [9.17, 15) is 9.59 Å². The maximum absolute atomic E-state index is 12.0. The second kappa shape index (κ2) is 8.74. The fourth-order valence-electron chi connectivity index (χ4n) is 1.56. The zero-order valence-corrected chi connectivity index (χ0v) is 13.4. The second-order valence-corrected chi connectivity index (χ2v) is 4.92. The van der Waals surface area contributed by atoms with E-state index in [4.69, 9.17) is 32.7 Å². The van der Waals surface area contributed by atoms with Gasteiger partial charge in [-0.2, -0.15) is 0 Å². The molecule has 116 valence electrons. The second-order valence-electron chi connectivity index (χ2n) is 4.08. The summed E-state index contributed by atoms with van der Waals surface area (Å²) in [6.07, 6.45) is 0. The highest BCUT2D eigenvalue weighted by Gasteiger charge is 2.17. The molecule has 0 spiro atoms. The zero-order chi connectivity index (χ0) is 15.8. The van der Waals surface area contributed by atoms with Gasteiger partial charge in [0.15, 0.2) is 6.61 Å². The number of esters is 1. The number of hydrogen-bond acceptors (Lipinski definition) is 4. The number of hydrogen-bond donors (Lipinski definition) is 0. The van der Waals surface area contributed by atoms with E-state index >= 15 is 0 Å². The lowest BCUT2D eigenvalue weighted by Crippen LogP contribution is -2.39. The highest BCUT2D eigenvalue weighted by molar-refractivity contribution is 6.35. The van der Waals surface area contributed by atoms with Crippen molar-refractivity contribution in [2.75, 3.05) is 26.3 Å². The van der Waals surface area contributed by atoms with Gasteiger partial charge in [0.1, 0.15) is 12.3 Å². The molecular formula is C14H17Cl2NO4. The van der Waals surface area contributed by atoms with E-state index in [0.717, 1.165) is 0 Å². The van der Waals surface area contributed by atoms with Crippen LogP contribution in [0.2, 0.25) is 10.0 Å². The molecule has 1 aromatic carbocycles. The van der Waals surface area contributed by atoms with Crippen LogP contribution in [0.25, 0.3) is 0 Å². The van der Waals surface area contributed by atoms with Crippen molar-refractivity contribution in [1.29, 1.82) is 0 Å². The Morgan fingerprint density at radius 1 is 1.24 bits per heavy atom. The molecule has 0 atom stereocenters. The first-order valence-electron chi connectivity index (χ1n) is 6.49. The van der Waals surface area contributed by atoms with Gasteiger partial charge in [0.2, 0.25) is 0 Å². The Bertz CT molecular complexity index is 508. The number of benzene rings is 1. The molecule has 1 amide bonds. The van der Waals surface area contributed by atoms with Gasteiger partial charge in [0, 0.05) is 11.6 Å². The van der Waals surface area contributed by atoms with E-state index in [2.05, 4.69) is 0 Å². The maximum Gasteiger partial charge on any atom is 0.325 e. The summed E-state index contributed by atoms with van der Waals surface area (Å²) < 4.78 is 10.2. The smallest absolute Gasteiger partial charge is 0.325 e. The first-order valence-corrected chi connectivity index (χ1v) is 7.24. The quantitative estimate of drug-likeness (QED) is 0.720. The van der Waals surface area contributed by atoms with Gasteiger partial charge < -0.3 is 14.4 Å². The molecular weight excluding hydrogens is 317 g/mol. The van der Waals surface area contributed by atoms with E-state index in [0.29, 0.717) is 22.3 Å². The highest BCUT2D eigenvalue weighted by atomic mass is 35.5. The van der Waals surface area contributed by atoms with E-state index in [-0.39, 0.29) is 25.7 Å². The molecule has 0 bridgehead atoms. The van der Waals surface area contributed by atoms with Crippen molar-refractivity contribution in [3.63, 3.8) is 0 Å². The lowest BCUT2D eigenvalue weighted by molar-refractivity contribution is -0.149. The van der Waals surface area contributed by atoms with Crippen molar-refractivity contribution in [2.24, 2.45) is 0 Å². The average Bonchev–Trinajstić information content (AvgIpc) is 2.43. The molecule has 0 aliphatic rings. The van der Waals surface area contributed by atoms with Crippen molar-refractivity contribution in [2.45, 2.75) is 13.8 Å². The van der Waals surface area contributed by atoms with Crippen LogP contribution in [0, 0.1) is 0 Å². The summed E-state index contributed by atoms with van der Waals surface area (Å²) in [6, 6.07) is 4.72. The van der Waals surface area contributed by atoms with Gasteiger partial charge in [-0.05, 0) is 32.0 Å². The zero-order valence-electron chi connectivity index (χ0n) is 11.9. The molecule has 21 heavy (non-hydrogen) atoms. The molecule has 5 nitrogen and oxygen atoms in total. The molecule has 7 heteroatoms. The van der Waals surface area contributed by atoms with Gasteiger partial charge in [-0.15, -0.1) is 0 Å². The molecule has 1 rings (SSSR count). The normalized spacial score (nSPS) is 10.1. The Morgan fingerprint density at radius 2 is 1.95 bits per heavy atom. The predicted molar refractivity (Wildman–Crippen MR) is 80.8 cm³/mol. The van der Waals surface area contributed by atoms with Gasteiger partial charge in [0.25, 0.3) is 5.91 Å². The van der Waals surface area contributed by atoms with Crippen LogP contribution in [0.5, 0.6) is 5.75 Å². The highest BCUT2D eigenvalue weighted by Crippen LogP contribution is 2.27. The van der Waals surface area contributed by atoms with Crippen LogP contribution < -0.4 is 4.74 Å². The summed E-state index contributed by atoms with van der Waals surface area (Å²) in [5, 5.41) is 0.805. The van der Waals surface area contributed by atoms with Crippen LogP contribution in [-0.4, -0.2) is 43.1 Å². The van der Waals surface area contributed by atoms with Gasteiger partial charge in [-0.25, -0.2) is 0 Å². The lowest BCUT2D eigenvalue weighted by atomic mass is 10.3. The Kier molecular flexibility index (Phi) is 7.32. The number of likely N-dealkylation sites (N-methyl/N-ethyl adjacent to an activating group) is 1. The van der Waals surface area contributed by atoms with Crippen molar-refractivity contribution in [1.82, 2.24) is 4.90 Å². The Morgan fingerprint density at radius 3 is 2.52 bits per heavy atom. The number of carbonyl (C=O) groups excluding carboxylic acids is 2. The van der Waals surface area contributed by atoms with Gasteiger partial charge >= 0.3 is 5.97 Å². The van der Waals surface area contributed by atoms with Crippen molar-refractivity contribution in [3.05, 3.63) is 28.2 Å². The minimum Gasteiger partial charge on any atom is -0.482 e. The topological polar surface area (TPSA) is 55.8 Å². The maximum atomic E-state index is 12.0. The number of ether oxygens (including phenoxy) is 2. The van der Waals surface area contributed by atoms with E-state index in [1.165, 1.54) is 11.0 Å². The molecule has 0 aliphatic heterocycles.